The second kappa shape index (κ2) is 8.26. The van der Waals surface area contributed by atoms with Gasteiger partial charge in [0.1, 0.15) is 0 Å². The first-order valence-corrected chi connectivity index (χ1v) is 6.99. The summed E-state index contributed by atoms with van der Waals surface area (Å²) in [6.45, 7) is 1.08. The van der Waals surface area contributed by atoms with Gasteiger partial charge in [-0.1, -0.05) is 31.0 Å². The van der Waals surface area contributed by atoms with Crippen LogP contribution in [0.25, 0.3) is 0 Å². The van der Waals surface area contributed by atoms with E-state index in [1.807, 2.05) is 30.3 Å². The standard InChI is InChI=1S/C13H19N3O.C2H4O2/c14-13(15)16(10-6-2-1-3-7-10)11-8-4-5-9-12(11)17;1-2(3)4/h1-3,6-7,11-12,17H,4-5,8-9H2,(H3,14,15);1H3,(H,3,4). The molecule has 0 aromatic heterocycles. The largest absolute Gasteiger partial charge is 0.481 e. The van der Waals surface area contributed by atoms with Crippen molar-refractivity contribution in [2.75, 3.05) is 4.90 Å². The van der Waals surface area contributed by atoms with Crippen molar-refractivity contribution in [1.82, 2.24) is 0 Å². The summed E-state index contributed by atoms with van der Waals surface area (Å²) in [6, 6.07) is 9.54. The highest BCUT2D eigenvalue weighted by molar-refractivity contribution is 5.93. The summed E-state index contributed by atoms with van der Waals surface area (Å²) in [5.41, 5.74) is 6.54. The van der Waals surface area contributed by atoms with E-state index in [2.05, 4.69) is 0 Å². The van der Waals surface area contributed by atoms with Gasteiger partial charge in [0, 0.05) is 12.6 Å². The third-order valence-corrected chi connectivity index (χ3v) is 3.32. The summed E-state index contributed by atoms with van der Waals surface area (Å²) >= 11 is 0. The predicted molar refractivity (Wildman–Crippen MR) is 82.4 cm³/mol. The zero-order valence-corrected chi connectivity index (χ0v) is 12.2. The van der Waals surface area contributed by atoms with E-state index < -0.39 is 12.1 Å². The van der Waals surface area contributed by atoms with Gasteiger partial charge < -0.3 is 20.8 Å². The average Bonchev–Trinajstić information content (AvgIpc) is 2.41. The van der Waals surface area contributed by atoms with E-state index in [-0.39, 0.29) is 12.0 Å². The number of nitrogens with two attached hydrogens (primary N) is 1. The number of aliphatic hydroxyl groups excluding tert-OH is 1. The van der Waals surface area contributed by atoms with Crippen molar-refractivity contribution in [3.05, 3.63) is 30.3 Å². The van der Waals surface area contributed by atoms with E-state index in [0.717, 1.165) is 38.3 Å². The monoisotopic (exact) mass is 293 g/mol. The molecule has 0 aliphatic heterocycles. The number of para-hydroxylation sites is 1. The van der Waals surface area contributed by atoms with Crippen molar-refractivity contribution < 1.29 is 15.0 Å². The molecule has 1 fully saturated rings. The van der Waals surface area contributed by atoms with Crippen LogP contribution in [0.3, 0.4) is 0 Å². The first-order chi connectivity index (χ1) is 9.93. The predicted octanol–water partition coefficient (Wildman–Crippen LogP) is 1.78. The molecule has 0 amide bonds. The lowest BCUT2D eigenvalue weighted by atomic mass is 9.91. The number of carboxylic acids is 1. The number of benzene rings is 1. The normalized spacial score (nSPS) is 20.9. The lowest BCUT2D eigenvalue weighted by Crippen LogP contribution is -2.51. The van der Waals surface area contributed by atoms with Crippen molar-refractivity contribution in [3.8, 4) is 0 Å². The van der Waals surface area contributed by atoms with Crippen LogP contribution in [0.5, 0.6) is 0 Å². The maximum atomic E-state index is 10.1. The van der Waals surface area contributed by atoms with Crippen LogP contribution in [-0.2, 0) is 4.79 Å². The van der Waals surface area contributed by atoms with Crippen molar-refractivity contribution in [3.63, 3.8) is 0 Å². The fourth-order valence-electron chi connectivity index (χ4n) is 2.49. The minimum Gasteiger partial charge on any atom is -0.481 e. The molecule has 1 aromatic carbocycles. The molecule has 5 N–H and O–H groups in total. The number of hydrogen-bond donors (Lipinski definition) is 4. The number of rotatable bonds is 2. The summed E-state index contributed by atoms with van der Waals surface area (Å²) < 4.78 is 0. The minimum absolute atomic E-state index is 0.00199. The molecule has 2 atom stereocenters. The molecule has 21 heavy (non-hydrogen) atoms. The number of aliphatic hydroxyl groups is 1. The number of aliphatic carboxylic acids is 1. The Morgan fingerprint density at radius 3 is 2.29 bits per heavy atom. The SMILES string of the molecule is CC(=O)O.N=C(N)N(c1ccccc1)C1CCCCC1O. The van der Waals surface area contributed by atoms with Gasteiger partial charge in [0.25, 0.3) is 5.97 Å². The number of anilines is 1. The van der Waals surface area contributed by atoms with Crippen molar-refractivity contribution >= 4 is 17.6 Å². The molecule has 0 radical (unpaired) electrons. The first kappa shape index (κ1) is 17.0. The van der Waals surface area contributed by atoms with Gasteiger partial charge in [-0.05, 0) is 25.0 Å². The summed E-state index contributed by atoms with van der Waals surface area (Å²) in [7, 11) is 0. The smallest absolute Gasteiger partial charge is 0.300 e. The van der Waals surface area contributed by atoms with Crippen molar-refractivity contribution in [2.45, 2.75) is 44.8 Å². The summed E-state index contributed by atoms with van der Waals surface area (Å²) in [4.78, 5) is 10.7. The Balaban J connectivity index is 0.000000491. The van der Waals surface area contributed by atoms with E-state index >= 15 is 0 Å². The van der Waals surface area contributed by atoms with E-state index in [4.69, 9.17) is 21.0 Å². The summed E-state index contributed by atoms with van der Waals surface area (Å²) in [5, 5.41) is 25.2. The molecular formula is C15H23N3O3. The quantitative estimate of drug-likeness (QED) is 0.490. The van der Waals surface area contributed by atoms with Gasteiger partial charge in [-0.3, -0.25) is 10.2 Å². The number of nitrogens with zero attached hydrogens (tertiary/aromatic N) is 1. The number of guanidine groups is 1. The maximum Gasteiger partial charge on any atom is 0.300 e. The molecule has 0 heterocycles. The summed E-state index contributed by atoms with van der Waals surface area (Å²) in [5.74, 6) is -0.831. The van der Waals surface area contributed by atoms with Gasteiger partial charge in [0.15, 0.2) is 5.96 Å². The van der Waals surface area contributed by atoms with Crippen LogP contribution in [0.1, 0.15) is 32.6 Å². The molecule has 2 rings (SSSR count). The Hall–Kier alpha value is -2.08. The molecule has 2 unspecified atom stereocenters. The Labute approximate surface area is 124 Å². The second-order valence-corrected chi connectivity index (χ2v) is 5.03. The number of nitrogens with one attached hydrogen (secondary N) is 1. The maximum absolute atomic E-state index is 10.1. The van der Waals surface area contributed by atoms with E-state index in [1.54, 1.807) is 4.90 Å². The zero-order valence-electron chi connectivity index (χ0n) is 12.2. The van der Waals surface area contributed by atoms with Crippen LogP contribution in [0.2, 0.25) is 0 Å². The van der Waals surface area contributed by atoms with Crippen LogP contribution < -0.4 is 10.6 Å². The van der Waals surface area contributed by atoms with Gasteiger partial charge in [-0.25, -0.2) is 0 Å². The lowest BCUT2D eigenvalue weighted by molar-refractivity contribution is -0.134. The molecule has 6 nitrogen and oxygen atoms in total. The zero-order chi connectivity index (χ0) is 15.8. The van der Waals surface area contributed by atoms with Gasteiger partial charge in [-0.2, -0.15) is 0 Å². The van der Waals surface area contributed by atoms with Crippen LogP contribution in [0.4, 0.5) is 5.69 Å². The third kappa shape index (κ3) is 5.43. The van der Waals surface area contributed by atoms with Crippen molar-refractivity contribution in [2.24, 2.45) is 5.73 Å². The highest BCUT2D eigenvalue weighted by Crippen LogP contribution is 2.27. The molecule has 6 heteroatoms. The topological polar surface area (TPSA) is 111 Å². The highest BCUT2D eigenvalue weighted by atomic mass is 16.4. The molecule has 1 aliphatic carbocycles. The van der Waals surface area contributed by atoms with E-state index in [1.165, 1.54) is 0 Å². The molecule has 0 saturated heterocycles. The fourth-order valence-corrected chi connectivity index (χ4v) is 2.49. The van der Waals surface area contributed by atoms with E-state index in [0.29, 0.717) is 0 Å². The Bertz CT molecular complexity index is 460. The van der Waals surface area contributed by atoms with E-state index in [9.17, 15) is 5.11 Å². The molecule has 1 aliphatic rings. The van der Waals surface area contributed by atoms with Crippen LogP contribution in [0, 0.1) is 5.41 Å². The van der Waals surface area contributed by atoms with Crippen LogP contribution >= 0.6 is 0 Å². The molecule has 116 valence electrons. The Morgan fingerprint density at radius 1 is 1.29 bits per heavy atom. The molecule has 1 saturated carbocycles. The molecular weight excluding hydrogens is 270 g/mol. The average molecular weight is 293 g/mol. The first-order valence-electron chi connectivity index (χ1n) is 6.99. The molecule has 0 spiro atoms. The van der Waals surface area contributed by atoms with Gasteiger partial charge in [-0.15, -0.1) is 0 Å². The van der Waals surface area contributed by atoms with Crippen LogP contribution in [0.15, 0.2) is 30.3 Å². The number of hydrogen-bond acceptors (Lipinski definition) is 3. The number of carbonyl (C=O) groups is 1. The molecule has 0 bridgehead atoms. The highest BCUT2D eigenvalue weighted by Gasteiger charge is 2.30. The minimum atomic E-state index is -0.833. The number of carboxylic acid groups (broad SMARTS) is 1. The lowest BCUT2D eigenvalue weighted by Gasteiger charge is -2.37. The van der Waals surface area contributed by atoms with Gasteiger partial charge in [0.05, 0.1) is 12.1 Å². The molecule has 1 aromatic rings. The Kier molecular flexibility index (Phi) is 6.68. The van der Waals surface area contributed by atoms with Crippen LogP contribution in [-0.4, -0.2) is 34.3 Å². The van der Waals surface area contributed by atoms with Crippen molar-refractivity contribution in [1.29, 1.82) is 5.41 Å². The third-order valence-electron chi connectivity index (χ3n) is 3.32. The van der Waals surface area contributed by atoms with Gasteiger partial charge in [0.2, 0.25) is 0 Å². The summed E-state index contributed by atoms with van der Waals surface area (Å²) in [6.07, 6.45) is 3.42. The Morgan fingerprint density at radius 2 is 1.81 bits per heavy atom. The fraction of sp³-hybridized carbons (Fsp3) is 0.467. The van der Waals surface area contributed by atoms with Gasteiger partial charge >= 0.3 is 0 Å². The second-order valence-electron chi connectivity index (χ2n) is 5.03.